The SMILES string of the molecule is Fc1ccc(-c2nnc3ccc(SCc4cccnc4)nn23)cc1. The molecular formula is C17H12FN5S. The van der Waals surface area contributed by atoms with Gasteiger partial charge in [0.1, 0.15) is 10.8 Å². The molecule has 0 amide bonds. The van der Waals surface area contributed by atoms with Crippen LogP contribution in [0.3, 0.4) is 0 Å². The van der Waals surface area contributed by atoms with Crippen LogP contribution in [0.2, 0.25) is 0 Å². The minimum atomic E-state index is -0.284. The number of nitrogens with zero attached hydrogens (tertiary/aromatic N) is 5. The first-order valence-electron chi connectivity index (χ1n) is 7.30. The molecule has 4 rings (SSSR count). The molecule has 1 aromatic carbocycles. The zero-order valence-electron chi connectivity index (χ0n) is 12.5. The Labute approximate surface area is 141 Å². The Morgan fingerprint density at radius 3 is 2.67 bits per heavy atom. The second-order valence-electron chi connectivity index (χ2n) is 5.12. The number of thioether (sulfide) groups is 1. The molecule has 0 bridgehead atoms. The van der Waals surface area contributed by atoms with Gasteiger partial charge in [-0.15, -0.1) is 10.2 Å². The fraction of sp³-hybridized carbons (Fsp3) is 0.0588. The molecule has 0 saturated carbocycles. The van der Waals surface area contributed by atoms with Crippen molar-refractivity contribution >= 4 is 17.4 Å². The van der Waals surface area contributed by atoms with E-state index in [-0.39, 0.29) is 5.82 Å². The highest BCUT2D eigenvalue weighted by molar-refractivity contribution is 7.98. The number of hydrogen-bond donors (Lipinski definition) is 0. The van der Waals surface area contributed by atoms with Gasteiger partial charge in [-0.05, 0) is 48.0 Å². The molecule has 0 fully saturated rings. The van der Waals surface area contributed by atoms with Gasteiger partial charge in [0.05, 0.1) is 0 Å². The minimum absolute atomic E-state index is 0.284. The van der Waals surface area contributed by atoms with Crippen LogP contribution in [0.1, 0.15) is 5.56 Å². The Bertz CT molecular complexity index is 969. The third-order valence-electron chi connectivity index (χ3n) is 3.45. The summed E-state index contributed by atoms with van der Waals surface area (Å²) in [5.74, 6) is 1.09. The van der Waals surface area contributed by atoms with Crippen molar-refractivity contribution in [3.63, 3.8) is 0 Å². The van der Waals surface area contributed by atoms with Crippen LogP contribution in [-0.2, 0) is 5.75 Å². The maximum Gasteiger partial charge on any atom is 0.185 e. The molecule has 0 radical (unpaired) electrons. The second-order valence-corrected chi connectivity index (χ2v) is 6.12. The Hall–Kier alpha value is -2.80. The van der Waals surface area contributed by atoms with E-state index in [0.717, 1.165) is 21.9 Å². The zero-order valence-corrected chi connectivity index (χ0v) is 13.3. The van der Waals surface area contributed by atoms with Crippen LogP contribution in [0.4, 0.5) is 4.39 Å². The number of aromatic nitrogens is 5. The normalized spacial score (nSPS) is 11.0. The third-order valence-corrected chi connectivity index (χ3v) is 4.44. The molecule has 0 aliphatic heterocycles. The predicted molar refractivity (Wildman–Crippen MR) is 90.0 cm³/mol. The summed E-state index contributed by atoms with van der Waals surface area (Å²) in [6.07, 6.45) is 3.60. The summed E-state index contributed by atoms with van der Waals surface area (Å²) >= 11 is 1.61. The quantitative estimate of drug-likeness (QED) is 0.532. The van der Waals surface area contributed by atoms with Gasteiger partial charge in [-0.2, -0.15) is 9.61 Å². The fourth-order valence-electron chi connectivity index (χ4n) is 2.27. The van der Waals surface area contributed by atoms with E-state index in [9.17, 15) is 4.39 Å². The van der Waals surface area contributed by atoms with E-state index in [1.54, 1.807) is 34.6 Å². The molecule has 0 N–H and O–H groups in total. The molecule has 0 aliphatic rings. The molecule has 7 heteroatoms. The van der Waals surface area contributed by atoms with Crippen LogP contribution in [0, 0.1) is 5.82 Å². The van der Waals surface area contributed by atoms with Crippen molar-refractivity contribution in [2.75, 3.05) is 0 Å². The smallest absolute Gasteiger partial charge is 0.185 e. The van der Waals surface area contributed by atoms with E-state index >= 15 is 0 Å². The molecule has 0 spiro atoms. The van der Waals surface area contributed by atoms with Crippen LogP contribution >= 0.6 is 11.8 Å². The van der Waals surface area contributed by atoms with Crippen molar-refractivity contribution in [1.29, 1.82) is 0 Å². The minimum Gasteiger partial charge on any atom is -0.264 e. The first-order chi connectivity index (χ1) is 11.8. The summed E-state index contributed by atoms with van der Waals surface area (Å²) in [5, 5.41) is 13.7. The van der Waals surface area contributed by atoms with Gasteiger partial charge in [-0.1, -0.05) is 17.8 Å². The van der Waals surface area contributed by atoms with Gasteiger partial charge >= 0.3 is 0 Å². The Kier molecular flexibility index (Phi) is 3.92. The van der Waals surface area contributed by atoms with Crippen LogP contribution in [0.15, 0.2) is 66.0 Å². The van der Waals surface area contributed by atoms with Crippen LogP contribution in [0.25, 0.3) is 17.0 Å². The van der Waals surface area contributed by atoms with Crippen LogP contribution < -0.4 is 0 Å². The number of fused-ring (bicyclic) bond motifs is 1. The molecule has 3 heterocycles. The molecule has 0 aliphatic carbocycles. The molecule has 0 unspecified atom stereocenters. The van der Waals surface area contributed by atoms with E-state index < -0.39 is 0 Å². The molecule has 118 valence electrons. The van der Waals surface area contributed by atoms with E-state index in [0.29, 0.717) is 11.5 Å². The summed E-state index contributed by atoms with van der Waals surface area (Å²) in [7, 11) is 0. The van der Waals surface area contributed by atoms with Crippen molar-refractivity contribution in [2.45, 2.75) is 10.8 Å². The number of pyridine rings is 1. The standard InChI is InChI=1S/C17H12FN5S/c18-14-5-3-13(4-6-14)17-21-20-15-7-8-16(22-23(15)17)24-11-12-2-1-9-19-10-12/h1-10H,11H2. The first-order valence-corrected chi connectivity index (χ1v) is 8.28. The van der Waals surface area contributed by atoms with E-state index in [4.69, 9.17) is 0 Å². The highest BCUT2D eigenvalue weighted by Crippen LogP contribution is 2.23. The molecule has 0 atom stereocenters. The highest BCUT2D eigenvalue weighted by atomic mass is 32.2. The largest absolute Gasteiger partial charge is 0.264 e. The summed E-state index contributed by atoms with van der Waals surface area (Å²) in [6, 6.07) is 13.9. The van der Waals surface area contributed by atoms with Gasteiger partial charge in [0.15, 0.2) is 11.5 Å². The maximum absolute atomic E-state index is 13.1. The van der Waals surface area contributed by atoms with Crippen molar-refractivity contribution in [2.24, 2.45) is 0 Å². The lowest BCUT2D eigenvalue weighted by molar-refractivity contribution is 0.628. The number of hydrogen-bond acceptors (Lipinski definition) is 5. The van der Waals surface area contributed by atoms with Gasteiger partial charge in [0.25, 0.3) is 0 Å². The highest BCUT2D eigenvalue weighted by Gasteiger charge is 2.10. The van der Waals surface area contributed by atoms with Gasteiger partial charge < -0.3 is 0 Å². The van der Waals surface area contributed by atoms with Crippen molar-refractivity contribution < 1.29 is 4.39 Å². The van der Waals surface area contributed by atoms with E-state index in [1.807, 2.05) is 30.5 Å². The van der Waals surface area contributed by atoms with Gasteiger partial charge in [-0.25, -0.2) is 4.39 Å². The van der Waals surface area contributed by atoms with Crippen LogP contribution in [0.5, 0.6) is 0 Å². The summed E-state index contributed by atoms with van der Waals surface area (Å²) in [6.45, 7) is 0. The molecule has 24 heavy (non-hydrogen) atoms. The van der Waals surface area contributed by atoms with Crippen molar-refractivity contribution in [3.8, 4) is 11.4 Å². The lowest BCUT2D eigenvalue weighted by Gasteiger charge is -2.03. The van der Waals surface area contributed by atoms with Gasteiger partial charge in [-0.3, -0.25) is 4.98 Å². The molecule has 3 aromatic heterocycles. The van der Waals surface area contributed by atoms with Crippen LogP contribution in [-0.4, -0.2) is 24.8 Å². The Morgan fingerprint density at radius 2 is 1.88 bits per heavy atom. The average molecular weight is 337 g/mol. The topological polar surface area (TPSA) is 56.0 Å². The van der Waals surface area contributed by atoms with Gasteiger partial charge in [0.2, 0.25) is 0 Å². The average Bonchev–Trinajstić information content (AvgIpc) is 3.05. The third kappa shape index (κ3) is 2.98. The molecule has 5 nitrogen and oxygen atoms in total. The number of benzene rings is 1. The lowest BCUT2D eigenvalue weighted by Crippen LogP contribution is -1.96. The molecule has 4 aromatic rings. The van der Waals surface area contributed by atoms with Gasteiger partial charge in [0, 0.05) is 23.7 Å². The monoisotopic (exact) mass is 337 g/mol. The maximum atomic E-state index is 13.1. The van der Waals surface area contributed by atoms with Crippen molar-refractivity contribution in [3.05, 3.63) is 72.3 Å². The zero-order chi connectivity index (χ0) is 16.4. The second kappa shape index (κ2) is 6.37. The van der Waals surface area contributed by atoms with E-state index in [2.05, 4.69) is 20.3 Å². The fourth-order valence-corrected chi connectivity index (χ4v) is 3.06. The summed E-state index contributed by atoms with van der Waals surface area (Å²) < 4.78 is 14.8. The number of rotatable bonds is 4. The number of halogens is 1. The summed E-state index contributed by atoms with van der Waals surface area (Å²) in [4.78, 5) is 4.11. The Balaban J connectivity index is 1.64. The Morgan fingerprint density at radius 1 is 1.00 bits per heavy atom. The molecular weight excluding hydrogens is 325 g/mol. The lowest BCUT2D eigenvalue weighted by atomic mass is 10.2. The van der Waals surface area contributed by atoms with E-state index in [1.165, 1.54) is 12.1 Å². The predicted octanol–water partition coefficient (Wildman–Crippen LogP) is 3.62. The van der Waals surface area contributed by atoms with Crippen molar-refractivity contribution in [1.82, 2.24) is 24.8 Å². The first kappa shape index (κ1) is 14.8. The summed E-state index contributed by atoms with van der Waals surface area (Å²) in [5.41, 5.74) is 2.55. The molecule has 0 saturated heterocycles.